The molecule has 1 atom stereocenters. The second-order valence-electron chi connectivity index (χ2n) is 3.97. The molecule has 0 N–H and O–H groups in total. The third-order valence-corrected chi connectivity index (χ3v) is 6.83. The summed E-state index contributed by atoms with van der Waals surface area (Å²) in [6.07, 6.45) is 5.49. The molecule has 0 aromatic heterocycles. The fourth-order valence-corrected chi connectivity index (χ4v) is 4.59. The minimum absolute atomic E-state index is 0.229. The first-order valence-electron chi connectivity index (χ1n) is 5.65. The quantitative estimate of drug-likeness (QED) is 0.549. The van der Waals surface area contributed by atoms with Gasteiger partial charge < -0.3 is 13.3 Å². The minimum atomic E-state index is -2.68. The van der Waals surface area contributed by atoms with Gasteiger partial charge in [0, 0.05) is 38.3 Å². The van der Waals surface area contributed by atoms with Crippen LogP contribution < -0.4 is 0 Å². The van der Waals surface area contributed by atoms with Crippen molar-refractivity contribution in [2.45, 2.75) is 12.5 Å². The van der Waals surface area contributed by atoms with Gasteiger partial charge in [-0.15, -0.1) is 0 Å². The molecule has 5 nitrogen and oxygen atoms in total. The average Bonchev–Trinajstić information content (AvgIpc) is 2.42. The van der Waals surface area contributed by atoms with Crippen molar-refractivity contribution in [3.05, 3.63) is 23.3 Å². The molecule has 0 radical (unpaired) electrons. The molecular weight excluding hydrogens is 308 g/mol. The lowest BCUT2D eigenvalue weighted by Gasteiger charge is -2.26. The molecule has 8 heteroatoms. The largest absolute Gasteiger partial charge is 0.500 e. The molecule has 0 saturated heterocycles. The lowest BCUT2D eigenvalue weighted by molar-refractivity contribution is 0.122. The van der Waals surface area contributed by atoms with Crippen molar-refractivity contribution in [3.63, 3.8) is 0 Å². The summed E-state index contributed by atoms with van der Waals surface area (Å²) < 4.78 is 38.3. The zero-order chi connectivity index (χ0) is 14.5. The van der Waals surface area contributed by atoms with Crippen molar-refractivity contribution >= 4 is 35.6 Å². The molecule has 108 valence electrons. The lowest BCUT2D eigenvalue weighted by atomic mass is 9.98. The molecule has 1 aliphatic carbocycles. The van der Waals surface area contributed by atoms with E-state index in [2.05, 4.69) is 0 Å². The first kappa shape index (κ1) is 16.6. The smallest absolute Gasteiger partial charge is 0.377 e. The maximum Gasteiger partial charge on any atom is 0.500 e. The fraction of sp³-hybridized carbons (Fsp3) is 0.545. The van der Waals surface area contributed by atoms with Crippen LogP contribution in [0.5, 0.6) is 0 Å². The van der Waals surface area contributed by atoms with Gasteiger partial charge in [0.2, 0.25) is 10.3 Å². The van der Waals surface area contributed by atoms with Crippen LogP contribution in [0.25, 0.3) is 0 Å². The Kier molecular flexibility index (Phi) is 6.44. The number of rotatable bonds is 6. The Morgan fingerprint density at radius 3 is 2.32 bits per heavy atom. The molecule has 0 heterocycles. The average molecular weight is 325 g/mol. The zero-order valence-electron chi connectivity index (χ0n) is 11.1. The van der Waals surface area contributed by atoms with E-state index < -0.39 is 19.1 Å². The maximum atomic E-state index is 11.2. The van der Waals surface area contributed by atoms with Crippen LogP contribution in [0.4, 0.5) is 0 Å². The van der Waals surface area contributed by atoms with Gasteiger partial charge in [-0.25, -0.2) is 0 Å². The Morgan fingerprint density at radius 2 is 1.84 bits per heavy atom. The first-order chi connectivity index (χ1) is 8.98. The summed E-state index contributed by atoms with van der Waals surface area (Å²) in [4.78, 5) is 0.277. The third kappa shape index (κ3) is 4.27. The molecule has 0 bridgehead atoms. The van der Waals surface area contributed by atoms with Gasteiger partial charge in [0.15, 0.2) is 0 Å². The standard InChI is InChI=1S/C11H17ClO5SSi/c1-15-19(16-2,17-3)7-6-9-4-5-10(12)8-11(9)18(13)14/h4-5,8-9H,6-7H2,1-3H3. The lowest BCUT2D eigenvalue weighted by Crippen LogP contribution is -2.43. The first-order valence-corrected chi connectivity index (χ1v) is 9.03. The molecule has 1 rings (SSSR count). The predicted octanol–water partition coefficient (Wildman–Crippen LogP) is 1.61. The molecule has 0 aromatic rings. The molecule has 0 amide bonds. The predicted molar refractivity (Wildman–Crippen MR) is 76.7 cm³/mol. The summed E-state index contributed by atoms with van der Waals surface area (Å²) in [5, 5.41) is 0.407. The van der Waals surface area contributed by atoms with E-state index in [1.54, 1.807) is 12.2 Å². The Balaban J connectivity index is 2.84. The normalized spacial score (nSPS) is 19.5. The summed E-state index contributed by atoms with van der Waals surface area (Å²) >= 11 is 5.81. The molecule has 0 fully saturated rings. The van der Waals surface area contributed by atoms with Crippen molar-refractivity contribution < 1.29 is 21.7 Å². The SMILES string of the molecule is CO[Si](CCC1C=CC(Cl)=CC1=S(=O)=O)(OC)OC. The summed E-state index contributed by atoms with van der Waals surface area (Å²) in [6.45, 7) is 0. The van der Waals surface area contributed by atoms with E-state index in [9.17, 15) is 8.42 Å². The summed E-state index contributed by atoms with van der Waals surface area (Å²) in [5.74, 6) is -0.229. The van der Waals surface area contributed by atoms with Crippen molar-refractivity contribution in [1.29, 1.82) is 0 Å². The Hall–Kier alpha value is -0.443. The second kappa shape index (κ2) is 7.37. The molecule has 1 aliphatic rings. The van der Waals surface area contributed by atoms with E-state index in [1.807, 2.05) is 0 Å². The Labute approximate surface area is 120 Å². The second-order valence-corrected chi connectivity index (χ2v) is 8.43. The number of hydrogen-bond donors (Lipinski definition) is 0. The Bertz CT molecular complexity index is 491. The van der Waals surface area contributed by atoms with Crippen molar-refractivity contribution in [2.24, 2.45) is 5.92 Å². The molecule has 1 unspecified atom stereocenters. The molecular formula is C11H17ClO5SSi. The van der Waals surface area contributed by atoms with Gasteiger partial charge in [-0.05, 0) is 18.6 Å². The van der Waals surface area contributed by atoms with Crippen LogP contribution in [0.2, 0.25) is 6.04 Å². The molecule has 19 heavy (non-hydrogen) atoms. The zero-order valence-corrected chi connectivity index (χ0v) is 13.6. The van der Waals surface area contributed by atoms with Crippen LogP contribution in [0, 0.1) is 5.92 Å². The minimum Gasteiger partial charge on any atom is -0.377 e. The van der Waals surface area contributed by atoms with Gasteiger partial charge in [0.1, 0.15) is 0 Å². The number of allylic oxidation sites excluding steroid dienone is 4. The topological polar surface area (TPSA) is 61.8 Å². The van der Waals surface area contributed by atoms with Crippen LogP contribution in [0.1, 0.15) is 6.42 Å². The van der Waals surface area contributed by atoms with E-state index in [0.29, 0.717) is 17.5 Å². The fourth-order valence-electron chi connectivity index (χ4n) is 1.89. The van der Waals surface area contributed by atoms with Gasteiger partial charge in [-0.3, -0.25) is 0 Å². The van der Waals surface area contributed by atoms with Crippen molar-refractivity contribution in [1.82, 2.24) is 0 Å². The highest BCUT2D eigenvalue weighted by Gasteiger charge is 2.38. The third-order valence-electron chi connectivity index (χ3n) is 3.02. The van der Waals surface area contributed by atoms with Gasteiger partial charge >= 0.3 is 8.80 Å². The van der Waals surface area contributed by atoms with Crippen LogP contribution >= 0.6 is 11.6 Å². The van der Waals surface area contributed by atoms with E-state index in [0.717, 1.165) is 0 Å². The van der Waals surface area contributed by atoms with Crippen LogP contribution in [-0.2, 0) is 23.6 Å². The van der Waals surface area contributed by atoms with Gasteiger partial charge in [0.25, 0.3) is 0 Å². The number of halogens is 1. The highest BCUT2D eigenvalue weighted by Crippen LogP contribution is 2.25. The van der Waals surface area contributed by atoms with Gasteiger partial charge in [-0.1, -0.05) is 17.7 Å². The van der Waals surface area contributed by atoms with Crippen LogP contribution in [0.3, 0.4) is 0 Å². The Morgan fingerprint density at radius 1 is 1.26 bits per heavy atom. The highest BCUT2D eigenvalue weighted by molar-refractivity contribution is 7.73. The summed E-state index contributed by atoms with van der Waals surface area (Å²) in [7, 11) is -0.381. The van der Waals surface area contributed by atoms with E-state index in [4.69, 9.17) is 24.9 Å². The number of hydrogen-bond acceptors (Lipinski definition) is 5. The van der Waals surface area contributed by atoms with E-state index >= 15 is 0 Å². The summed E-state index contributed by atoms with van der Waals surface area (Å²) in [6, 6.07) is 0.525. The highest BCUT2D eigenvalue weighted by atomic mass is 35.5. The molecule has 0 aromatic carbocycles. The van der Waals surface area contributed by atoms with Gasteiger partial charge in [-0.2, -0.15) is 8.42 Å². The van der Waals surface area contributed by atoms with Gasteiger partial charge in [0.05, 0.1) is 4.86 Å². The molecule has 0 spiro atoms. The van der Waals surface area contributed by atoms with Crippen LogP contribution in [0.15, 0.2) is 23.3 Å². The van der Waals surface area contributed by atoms with E-state index in [1.165, 1.54) is 27.4 Å². The van der Waals surface area contributed by atoms with Crippen molar-refractivity contribution in [3.8, 4) is 0 Å². The van der Waals surface area contributed by atoms with Crippen molar-refractivity contribution in [2.75, 3.05) is 21.3 Å². The maximum absolute atomic E-state index is 11.2. The summed E-state index contributed by atoms with van der Waals surface area (Å²) in [5.41, 5.74) is 0. The monoisotopic (exact) mass is 324 g/mol. The van der Waals surface area contributed by atoms with Crippen LogP contribution in [-0.4, -0.2) is 43.4 Å². The molecule has 0 aliphatic heterocycles. The van der Waals surface area contributed by atoms with E-state index in [-0.39, 0.29) is 10.8 Å². The molecule has 0 saturated carbocycles.